The largest absolute Gasteiger partial charge is 0.502 e. The first kappa shape index (κ1) is 99.8. The van der Waals surface area contributed by atoms with Crippen molar-refractivity contribution in [1.29, 1.82) is 0 Å². The lowest BCUT2D eigenvalue weighted by Gasteiger charge is -2.06. The normalized spacial score (nSPS) is 9.67. The van der Waals surface area contributed by atoms with Gasteiger partial charge in [0, 0.05) is 34.5 Å². The standard InChI is InChI=1S/C17H26O.C15H22O.C14H20O.C13H18O.C7H11F3O2.C7H14O2.C5H7F3O2.C3H3F3O/c1-3-5-6-7-8-9-10-15-18-17-13-11-16(4-2)12-14-17;1-3-5-6-7-8-13-16-15-11-9-14(4-2)10-12-15;1-3-5-6-7-11-15-14-10-8-9-13(4-2)12-14;1-3-5-6-11-14-13-9-7-12(4-2)8-10-13;1-11-4-2-3-5-12-7(10)6(8)9;1-3-9-7-5-4-6-8-2;1-9-2-3-10-5(8)4(6)7;1-7-3(6)2(4)5/h4,11-14H,2-3,5-10,15H2,1H3;4,9-12H,2-3,5-8,13H2,1H3;4,8-10,12H,2-3,5-7,11H2,1H3;4,7-10H,2-3,5-6,11H2,1H3;2-5H2,1H3;3H,1,4-7H2,2H3;2-3H2,1H3;1H3. The Balaban J connectivity index is -0.000000540. The fourth-order valence-electron chi connectivity index (χ4n) is 7.66. The highest BCUT2D eigenvalue weighted by Gasteiger charge is 2.06. The summed E-state index contributed by atoms with van der Waals surface area (Å²) in [4.78, 5) is 0. The molecule has 0 fully saturated rings. The fourth-order valence-corrected chi connectivity index (χ4v) is 7.66. The Bertz CT molecular complexity index is 2610. The summed E-state index contributed by atoms with van der Waals surface area (Å²) in [5.74, 6) is 3.82. The van der Waals surface area contributed by atoms with Gasteiger partial charge < -0.3 is 52.1 Å². The monoisotopic (exact) mass is 1440 g/mol. The highest BCUT2D eigenvalue weighted by molar-refractivity contribution is 5.50. The zero-order valence-electron chi connectivity index (χ0n) is 61.9. The van der Waals surface area contributed by atoms with Crippen LogP contribution in [0, 0.1) is 0 Å². The summed E-state index contributed by atoms with van der Waals surface area (Å²) in [7, 11) is 5.42. The Morgan fingerprint density at radius 3 is 0.921 bits per heavy atom. The average Bonchev–Trinajstić information content (AvgIpc) is 1.05. The first-order chi connectivity index (χ1) is 48.9. The van der Waals surface area contributed by atoms with Crippen LogP contribution in [0.15, 0.2) is 172 Å². The highest BCUT2D eigenvalue weighted by atomic mass is 19.3. The molecule has 0 amide bonds. The molecule has 0 saturated carbocycles. The van der Waals surface area contributed by atoms with Crippen LogP contribution in [0.25, 0.3) is 24.3 Å². The van der Waals surface area contributed by atoms with Crippen molar-refractivity contribution in [2.45, 2.75) is 175 Å². The van der Waals surface area contributed by atoms with Gasteiger partial charge in [0.2, 0.25) is 0 Å². The third kappa shape index (κ3) is 70.7. The molecule has 0 N–H and O–H groups in total. The molecule has 0 bridgehead atoms. The first-order valence-corrected chi connectivity index (χ1v) is 34.9. The van der Waals surface area contributed by atoms with E-state index in [1.165, 1.54) is 117 Å². The molecule has 0 aromatic heterocycles. The van der Waals surface area contributed by atoms with Gasteiger partial charge in [0.05, 0.1) is 59.6 Å². The maximum Gasteiger partial charge on any atom is 0.342 e. The lowest BCUT2D eigenvalue weighted by Crippen LogP contribution is -1.99. The van der Waals surface area contributed by atoms with Crippen molar-refractivity contribution in [3.8, 4) is 23.0 Å². The zero-order valence-corrected chi connectivity index (χ0v) is 61.9. The molecule has 0 aliphatic rings. The molecule has 20 heteroatoms. The topological polar surface area (TPSA) is 102 Å². The summed E-state index contributed by atoms with van der Waals surface area (Å²) < 4.78 is 154. The van der Waals surface area contributed by atoms with E-state index in [2.05, 4.69) is 84.3 Å². The molecular weight excluding hydrogens is 1320 g/mol. The zero-order chi connectivity index (χ0) is 76.0. The van der Waals surface area contributed by atoms with Crippen molar-refractivity contribution < 1.29 is 91.6 Å². The Kier molecular flexibility index (Phi) is 77.3. The van der Waals surface area contributed by atoms with Gasteiger partial charge in [-0.15, -0.1) is 0 Å². The smallest absolute Gasteiger partial charge is 0.342 e. The average molecular weight is 1440 g/mol. The molecule has 0 spiro atoms. The van der Waals surface area contributed by atoms with Crippen LogP contribution in [0.1, 0.15) is 198 Å². The molecule has 4 aromatic rings. The van der Waals surface area contributed by atoms with E-state index >= 15 is 0 Å². The molecule has 0 aliphatic heterocycles. The van der Waals surface area contributed by atoms with Gasteiger partial charge in [-0.2, -0.15) is 39.5 Å². The van der Waals surface area contributed by atoms with Crippen LogP contribution in [0.3, 0.4) is 0 Å². The third-order valence-corrected chi connectivity index (χ3v) is 13.3. The molecule has 4 aromatic carbocycles. The van der Waals surface area contributed by atoms with Gasteiger partial charge in [-0.25, -0.2) is 0 Å². The van der Waals surface area contributed by atoms with Crippen LogP contribution in [0.5, 0.6) is 23.0 Å². The van der Waals surface area contributed by atoms with E-state index in [-0.39, 0.29) is 19.8 Å². The number of hydrogen-bond donors (Lipinski definition) is 0. The second-order valence-electron chi connectivity index (χ2n) is 21.7. The quantitative estimate of drug-likeness (QED) is 0.0240. The van der Waals surface area contributed by atoms with Crippen molar-refractivity contribution in [1.82, 2.24) is 0 Å². The van der Waals surface area contributed by atoms with Crippen LogP contribution in [-0.2, 0) is 33.2 Å². The van der Waals surface area contributed by atoms with Gasteiger partial charge in [0.25, 0.3) is 0 Å². The van der Waals surface area contributed by atoms with Gasteiger partial charge in [0.15, 0.2) is 0 Å². The summed E-state index contributed by atoms with van der Waals surface area (Å²) in [5.41, 5.74) is 4.51. The Labute approximate surface area is 601 Å². The van der Waals surface area contributed by atoms with E-state index in [0.717, 1.165) is 131 Å². The SMILES string of the molecule is C=COCCCCOC.C=Cc1ccc(OCCCCC)cc1.C=Cc1ccc(OCCCCCCC)cc1.C=Cc1ccc(OCCCCCCCCC)cc1.C=Cc1cccc(OCCCCCC)c1.COC(F)=C(F)F.COCCCCOC(F)=C(F)F.COCCOC(F)=C(F)F. The van der Waals surface area contributed by atoms with E-state index in [9.17, 15) is 39.5 Å². The lowest BCUT2D eigenvalue weighted by molar-refractivity contribution is 0.0680. The number of methoxy groups -OCH3 is 4. The number of ether oxygens (including phenoxy) is 11. The summed E-state index contributed by atoms with van der Waals surface area (Å²) >= 11 is 0. The molecule has 0 aliphatic carbocycles. The van der Waals surface area contributed by atoms with E-state index in [1.54, 1.807) is 7.11 Å². The molecule has 0 radical (unpaired) electrons. The van der Waals surface area contributed by atoms with E-state index < -0.39 is 36.3 Å². The van der Waals surface area contributed by atoms with Crippen molar-refractivity contribution in [2.24, 2.45) is 0 Å². The van der Waals surface area contributed by atoms with Gasteiger partial charge in [-0.3, -0.25) is 0 Å². The van der Waals surface area contributed by atoms with Crippen molar-refractivity contribution >= 4 is 24.3 Å². The molecular formula is C81H121F9O11. The number of benzene rings is 4. The van der Waals surface area contributed by atoms with Crippen molar-refractivity contribution in [3.05, 3.63) is 195 Å². The summed E-state index contributed by atoms with van der Waals surface area (Å²) in [6, 6.07) is 26.8. The van der Waals surface area contributed by atoms with Crippen LogP contribution >= 0.6 is 0 Å². The van der Waals surface area contributed by atoms with E-state index in [4.69, 9.17) is 28.4 Å². The van der Waals surface area contributed by atoms with Crippen LogP contribution in [0.4, 0.5) is 39.5 Å². The molecule has 4 rings (SSSR count). The molecule has 0 saturated heterocycles. The second kappa shape index (κ2) is 78.2. The van der Waals surface area contributed by atoms with Gasteiger partial charge in [-0.05, 0) is 122 Å². The number of halogens is 9. The predicted octanol–water partition coefficient (Wildman–Crippen LogP) is 25.7. The number of rotatable bonds is 48. The minimum absolute atomic E-state index is 0.0491. The van der Waals surface area contributed by atoms with Gasteiger partial charge in [-0.1, -0.05) is 230 Å². The predicted molar refractivity (Wildman–Crippen MR) is 399 cm³/mol. The highest BCUT2D eigenvalue weighted by Crippen LogP contribution is 2.19. The van der Waals surface area contributed by atoms with Crippen LogP contribution in [0.2, 0.25) is 0 Å². The van der Waals surface area contributed by atoms with E-state index in [1.807, 2.05) is 121 Å². The second-order valence-corrected chi connectivity index (χ2v) is 21.7. The maximum atomic E-state index is 11.9. The molecule has 0 unspecified atom stereocenters. The summed E-state index contributed by atoms with van der Waals surface area (Å²) in [6.07, 6.45) is 29.0. The molecule has 11 nitrogen and oxygen atoms in total. The van der Waals surface area contributed by atoms with Gasteiger partial charge >= 0.3 is 36.3 Å². The summed E-state index contributed by atoms with van der Waals surface area (Å²) in [5, 5.41) is 0. The molecule has 574 valence electrons. The molecule has 0 heterocycles. The maximum absolute atomic E-state index is 11.9. The lowest BCUT2D eigenvalue weighted by atomic mass is 10.1. The fraction of sp³-hybridized carbons (Fsp3) is 0.506. The van der Waals surface area contributed by atoms with Crippen molar-refractivity contribution in [3.63, 3.8) is 0 Å². The molecule has 0 atom stereocenters. The minimum atomic E-state index is -2.45. The molecule has 101 heavy (non-hydrogen) atoms. The Morgan fingerprint density at radius 2 is 0.594 bits per heavy atom. The Morgan fingerprint density at radius 1 is 0.297 bits per heavy atom. The van der Waals surface area contributed by atoms with Crippen LogP contribution < -0.4 is 18.9 Å². The third-order valence-electron chi connectivity index (χ3n) is 13.3. The minimum Gasteiger partial charge on any atom is -0.502 e. The first-order valence-electron chi connectivity index (χ1n) is 34.9. The number of unbranched alkanes of at least 4 members (excludes halogenated alkanes) is 17. The van der Waals surface area contributed by atoms with Crippen LogP contribution in [-0.4, -0.2) is 94.5 Å². The number of hydrogen-bond acceptors (Lipinski definition) is 11. The Hall–Kier alpha value is -7.55. The summed E-state index contributed by atoms with van der Waals surface area (Å²) in [6.45, 7) is 32.5. The van der Waals surface area contributed by atoms with Gasteiger partial charge in [0.1, 0.15) is 29.6 Å². The van der Waals surface area contributed by atoms with Crippen molar-refractivity contribution in [2.75, 3.05) is 94.5 Å². The van der Waals surface area contributed by atoms with E-state index in [0.29, 0.717) is 19.4 Å².